The third-order valence-electron chi connectivity index (χ3n) is 3.79. The average Bonchev–Trinajstić information content (AvgIpc) is 3.05. The van der Waals surface area contributed by atoms with Gasteiger partial charge in [0, 0.05) is 6.04 Å². The highest BCUT2D eigenvalue weighted by molar-refractivity contribution is 7.89. The molecule has 1 amide bonds. The molecule has 1 aromatic rings. The van der Waals surface area contributed by atoms with Gasteiger partial charge in [-0.25, -0.2) is 22.3 Å². The second kappa shape index (κ2) is 7.71. The molecule has 0 atom stereocenters. The van der Waals surface area contributed by atoms with Gasteiger partial charge >= 0.3 is 5.97 Å². The van der Waals surface area contributed by atoms with Crippen molar-refractivity contribution >= 4 is 21.9 Å². The molecule has 1 aliphatic carbocycles. The Hall–Kier alpha value is -2.00. The minimum atomic E-state index is -3.82. The molecule has 0 aromatic heterocycles. The van der Waals surface area contributed by atoms with Gasteiger partial charge in [0.15, 0.2) is 6.61 Å². The van der Waals surface area contributed by atoms with Crippen molar-refractivity contribution < 1.29 is 27.1 Å². The molecule has 0 radical (unpaired) electrons. The third kappa shape index (κ3) is 4.51. The van der Waals surface area contributed by atoms with Crippen molar-refractivity contribution in [1.82, 2.24) is 10.0 Å². The predicted molar refractivity (Wildman–Crippen MR) is 83.3 cm³/mol. The smallest absolute Gasteiger partial charge is 0.341 e. The highest BCUT2D eigenvalue weighted by atomic mass is 32.2. The van der Waals surface area contributed by atoms with Gasteiger partial charge < -0.3 is 10.1 Å². The maximum Gasteiger partial charge on any atom is 0.341 e. The quantitative estimate of drug-likeness (QED) is 0.737. The van der Waals surface area contributed by atoms with Gasteiger partial charge in [-0.15, -0.1) is 0 Å². The summed E-state index contributed by atoms with van der Waals surface area (Å²) >= 11 is 0. The largest absolute Gasteiger partial charge is 0.452 e. The van der Waals surface area contributed by atoms with E-state index in [0.29, 0.717) is 0 Å². The average molecular weight is 358 g/mol. The summed E-state index contributed by atoms with van der Waals surface area (Å²) in [5.41, 5.74) is -0.542. The summed E-state index contributed by atoms with van der Waals surface area (Å²) in [6.07, 6.45) is 3.86. The minimum Gasteiger partial charge on any atom is -0.452 e. The number of rotatable bonds is 6. The van der Waals surface area contributed by atoms with E-state index in [9.17, 15) is 22.4 Å². The Morgan fingerprint density at radius 1 is 1.29 bits per heavy atom. The van der Waals surface area contributed by atoms with E-state index < -0.39 is 39.9 Å². The number of esters is 1. The topological polar surface area (TPSA) is 102 Å². The van der Waals surface area contributed by atoms with Crippen LogP contribution in [0.3, 0.4) is 0 Å². The molecular weight excluding hydrogens is 339 g/mol. The van der Waals surface area contributed by atoms with Crippen LogP contribution >= 0.6 is 0 Å². The van der Waals surface area contributed by atoms with Crippen molar-refractivity contribution in [2.75, 3.05) is 13.7 Å². The fraction of sp³-hybridized carbons (Fsp3) is 0.467. The zero-order chi connectivity index (χ0) is 17.7. The van der Waals surface area contributed by atoms with Crippen molar-refractivity contribution in [1.29, 1.82) is 0 Å². The Labute approximate surface area is 139 Å². The molecule has 2 rings (SSSR count). The van der Waals surface area contributed by atoms with Gasteiger partial charge in [0.05, 0.1) is 10.5 Å². The van der Waals surface area contributed by atoms with Crippen LogP contribution in [-0.4, -0.2) is 40.0 Å². The number of carbonyl (C=O) groups excluding carboxylic acids is 2. The van der Waals surface area contributed by atoms with Gasteiger partial charge in [0.25, 0.3) is 5.91 Å². The fourth-order valence-corrected chi connectivity index (χ4v) is 3.25. The lowest BCUT2D eigenvalue weighted by Crippen LogP contribution is -2.36. The molecule has 9 heteroatoms. The SMILES string of the molecule is CNS(=O)(=O)c1ccc(F)c(C(=O)OCC(=O)NC2CCCC2)c1. The van der Waals surface area contributed by atoms with Gasteiger partial charge in [0.2, 0.25) is 10.0 Å². The van der Waals surface area contributed by atoms with E-state index >= 15 is 0 Å². The summed E-state index contributed by atoms with van der Waals surface area (Å²) in [5.74, 6) is -2.48. The van der Waals surface area contributed by atoms with Gasteiger partial charge in [-0.1, -0.05) is 12.8 Å². The standard InChI is InChI=1S/C15H19FN2O5S/c1-17-24(21,22)11-6-7-13(16)12(8-11)15(20)23-9-14(19)18-10-4-2-3-5-10/h6-8,10,17H,2-5,9H2,1H3,(H,18,19). The first-order chi connectivity index (χ1) is 11.3. The van der Waals surface area contributed by atoms with E-state index in [1.165, 1.54) is 7.05 Å². The van der Waals surface area contributed by atoms with Crippen molar-refractivity contribution in [2.45, 2.75) is 36.6 Å². The number of ether oxygens (including phenoxy) is 1. The maximum atomic E-state index is 13.7. The molecule has 0 aliphatic heterocycles. The van der Waals surface area contributed by atoms with Crippen LogP contribution in [0.5, 0.6) is 0 Å². The van der Waals surface area contributed by atoms with Crippen molar-refractivity contribution in [3.8, 4) is 0 Å². The number of carbonyl (C=O) groups is 2. The minimum absolute atomic E-state index is 0.0806. The van der Waals surface area contributed by atoms with Crippen molar-refractivity contribution in [3.05, 3.63) is 29.6 Å². The molecule has 1 aliphatic rings. The third-order valence-corrected chi connectivity index (χ3v) is 5.20. The highest BCUT2D eigenvalue weighted by Gasteiger charge is 2.21. The predicted octanol–water partition coefficient (Wildman–Crippen LogP) is 0.949. The number of sulfonamides is 1. The van der Waals surface area contributed by atoms with Gasteiger partial charge in [-0.05, 0) is 38.1 Å². The first-order valence-corrected chi connectivity index (χ1v) is 9.01. The zero-order valence-electron chi connectivity index (χ0n) is 13.2. The molecule has 0 heterocycles. The van der Waals surface area contributed by atoms with E-state index in [-0.39, 0.29) is 10.9 Å². The van der Waals surface area contributed by atoms with E-state index in [4.69, 9.17) is 4.74 Å². The van der Waals surface area contributed by atoms with Crippen molar-refractivity contribution in [2.24, 2.45) is 0 Å². The Kier molecular flexibility index (Phi) is 5.89. The number of benzene rings is 1. The van der Waals surface area contributed by atoms with Gasteiger partial charge in [-0.3, -0.25) is 4.79 Å². The molecule has 132 valence electrons. The van der Waals surface area contributed by atoms with E-state index in [2.05, 4.69) is 10.0 Å². The highest BCUT2D eigenvalue weighted by Crippen LogP contribution is 2.18. The number of halogens is 1. The maximum absolute atomic E-state index is 13.7. The number of amides is 1. The summed E-state index contributed by atoms with van der Waals surface area (Å²) in [5, 5.41) is 2.73. The molecule has 0 saturated heterocycles. The molecule has 0 spiro atoms. The lowest BCUT2D eigenvalue weighted by atomic mass is 10.2. The van der Waals surface area contributed by atoms with Crippen LogP contribution in [0.15, 0.2) is 23.1 Å². The van der Waals surface area contributed by atoms with Crippen LogP contribution in [-0.2, 0) is 19.6 Å². The van der Waals surface area contributed by atoms with Crippen LogP contribution in [0.2, 0.25) is 0 Å². The van der Waals surface area contributed by atoms with Crippen LogP contribution < -0.4 is 10.0 Å². The lowest BCUT2D eigenvalue weighted by Gasteiger charge is -2.12. The molecular formula is C15H19FN2O5S. The summed E-state index contributed by atoms with van der Waals surface area (Å²) in [4.78, 5) is 23.4. The molecule has 1 aromatic carbocycles. The number of hydrogen-bond donors (Lipinski definition) is 2. The second-order valence-corrected chi connectivity index (χ2v) is 7.36. The Balaban J connectivity index is 2.01. The monoisotopic (exact) mass is 358 g/mol. The first-order valence-electron chi connectivity index (χ1n) is 7.53. The summed E-state index contributed by atoms with van der Waals surface area (Å²) in [7, 11) is -2.62. The van der Waals surface area contributed by atoms with E-state index in [1.807, 2.05) is 0 Å². The molecule has 0 bridgehead atoms. The van der Waals surface area contributed by atoms with Crippen LogP contribution in [0, 0.1) is 5.82 Å². The molecule has 24 heavy (non-hydrogen) atoms. The summed E-state index contributed by atoms with van der Waals surface area (Å²) in [6.45, 7) is -0.544. The second-order valence-electron chi connectivity index (χ2n) is 5.47. The molecule has 1 fully saturated rings. The number of nitrogens with one attached hydrogen (secondary N) is 2. The fourth-order valence-electron chi connectivity index (χ4n) is 2.49. The Morgan fingerprint density at radius 2 is 1.96 bits per heavy atom. The summed E-state index contributed by atoms with van der Waals surface area (Å²) < 4.78 is 44.0. The van der Waals surface area contributed by atoms with E-state index in [0.717, 1.165) is 43.9 Å². The lowest BCUT2D eigenvalue weighted by molar-refractivity contribution is -0.124. The van der Waals surface area contributed by atoms with Gasteiger partial charge in [-0.2, -0.15) is 0 Å². The van der Waals surface area contributed by atoms with Crippen LogP contribution in [0.25, 0.3) is 0 Å². The normalized spacial score (nSPS) is 15.2. The summed E-state index contributed by atoms with van der Waals surface area (Å²) in [6, 6.07) is 2.85. The number of hydrogen-bond acceptors (Lipinski definition) is 5. The van der Waals surface area contributed by atoms with Crippen molar-refractivity contribution in [3.63, 3.8) is 0 Å². The molecule has 2 N–H and O–H groups in total. The first kappa shape index (κ1) is 18.3. The zero-order valence-corrected chi connectivity index (χ0v) is 14.0. The van der Waals surface area contributed by atoms with Gasteiger partial charge in [0.1, 0.15) is 5.82 Å². The molecule has 7 nitrogen and oxygen atoms in total. The van der Waals surface area contributed by atoms with E-state index in [1.54, 1.807) is 0 Å². The molecule has 1 saturated carbocycles. The van der Waals surface area contributed by atoms with Crippen LogP contribution in [0.1, 0.15) is 36.0 Å². The Bertz CT molecular complexity index is 729. The Morgan fingerprint density at radius 3 is 2.58 bits per heavy atom. The molecule has 0 unspecified atom stereocenters. The van der Waals surface area contributed by atoms with Crippen LogP contribution in [0.4, 0.5) is 4.39 Å².